The molecule has 2 N–H and O–H groups in total. The number of likely N-dealkylation sites (tertiary alicyclic amines) is 1. The van der Waals surface area contributed by atoms with Crippen LogP contribution in [0.1, 0.15) is 48.7 Å². The van der Waals surface area contributed by atoms with Crippen LogP contribution >= 0.6 is 0 Å². The number of carbonyl (C=O) groups excluding carboxylic acids is 2. The number of H-pyrrole nitrogens is 1. The van der Waals surface area contributed by atoms with Gasteiger partial charge in [0.25, 0.3) is 11.5 Å². The van der Waals surface area contributed by atoms with Crippen molar-refractivity contribution in [3.05, 3.63) is 58.0 Å². The molecule has 1 aliphatic heterocycles. The van der Waals surface area contributed by atoms with Crippen molar-refractivity contribution in [2.75, 3.05) is 13.1 Å². The van der Waals surface area contributed by atoms with Crippen LogP contribution in [-0.2, 0) is 4.79 Å². The van der Waals surface area contributed by atoms with Crippen LogP contribution < -0.4 is 10.9 Å². The maximum absolute atomic E-state index is 13.1. The van der Waals surface area contributed by atoms with Crippen LogP contribution in [0, 0.1) is 6.92 Å². The molecule has 1 atom stereocenters. The van der Waals surface area contributed by atoms with Gasteiger partial charge in [-0.05, 0) is 37.8 Å². The summed E-state index contributed by atoms with van der Waals surface area (Å²) in [6.07, 6.45) is 2.93. The smallest absolute Gasteiger partial charge is 0.261 e. The van der Waals surface area contributed by atoms with Gasteiger partial charge in [0, 0.05) is 36.8 Å². The van der Waals surface area contributed by atoms with Gasteiger partial charge in [-0.15, -0.1) is 0 Å². The van der Waals surface area contributed by atoms with Gasteiger partial charge in [-0.25, -0.2) is 0 Å². The lowest BCUT2D eigenvalue weighted by Gasteiger charge is -2.33. The number of aromatic amines is 1. The number of aryl methyl sites for hydroxylation is 1. The van der Waals surface area contributed by atoms with Crippen molar-refractivity contribution in [3.8, 4) is 11.1 Å². The highest BCUT2D eigenvalue weighted by Crippen LogP contribution is 2.22. The van der Waals surface area contributed by atoms with E-state index in [0.29, 0.717) is 19.5 Å². The molecule has 1 aromatic heterocycles. The molecule has 2 aromatic rings. The van der Waals surface area contributed by atoms with Crippen molar-refractivity contribution in [3.63, 3.8) is 0 Å². The Labute approximate surface area is 165 Å². The highest BCUT2D eigenvalue weighted by atomic mass is 16.2. The van der Waals surface area contributed by atoms with Crippen molar-refractivity contribution < 1.29 is 9.59 Å². The summed E-state index contributed by atoms with van der Waals surface area (Å²) >= 11 is 0. The first-order chi connectivity index (χ1) is 13.5. The number of carbonyl (C=O) groups is 2. The minimum absolute atomic E-state index is 0.0151. The Morgan fingerprint density at radius 2 is 2.00 bits per heavy atom. The average molecular weight is 381 g/mol. The van der Waals surface area contributed by atoms with Gasteiger partial charge in [0.2, 0.25) is 5.91 Å². The van der Waals surface area contributed by atoms with E-state index in [1.807, 2.05) is 44.2 Å². The Kier molecular flexibility index (Phi) is 6.29. The maximum atomic E-state index is 13.1. The summed E-state index contributed by atoms with van der Waals surface area (Å²) < 4.78 is 0. The molecule has 2 amide bonds. The largest absolute Gasteiger partial charge is 0.352 e. The van der Waals surface area contributed by atoms with Crippen molar-refractivity contribution in [2.24, 2.45) is 0 Å². The van der Waals surface area contributed by atoms with Crippen LogP contribution in [0.4, 0.5) is 0 Å². The molecular weight excluding hydrogens is 354 g/mol. The van der Waals surface area contributed by atoms with Crippen LogP contribution in [0.25, 0.3) is 11.1 Å². The van der Waals surface area contributed by atoms with E-state index in [4.69, 9.17) is 0 Å². The first-order valence-electron chi connectivity index (χ1n) is 9.87. The zero-order valence-electron chi connectivity index (χ0n) is 16.5. The van der Waals surface area contributed by atoms with Gasteiger partial charge in [-0.3, -0.25) is 14.4 Å². The highest BCUT2D eigenvalue weighted by molar-refractivity contribution is 5.95. The number of aromatic nitrogens is 1. The predicted octanol–water partition coefficient (Wildman–Crippen LogP) is 2.87. The topological polar surface area (TPSA) is 82.3 Å². The van der Waals surface area contributed by atoms with Crippen LogP contribution in [-0.4, -0.2) is 40.8 Å². The Balaban J connectivity index is 1.82. The number of hydrogen-bond donors (Lipinski definition) is 2. The summed E-state index contributed by atoms with van der Waals surface area (Å²) in [7, 11) is 0. The molecule has 0 spiro atoms. The zero-order valence-corrected chi connectivity index (χ0v) is 16.5. The molecule has 0 saturated carbocycles. The summed E-state index contributed by atoms with van der Waals surface area (Å²) in [5, 5.41) is 3.00. The average Bonchev–Trinajstić information content (AvgIpc) is 2.68. The van der Waals surface area contributed by atoms with Crippen molar-refractivity contribution >= 4 is 11.8 Å². The van der Waals surface area contributed by atoms with Crippen molar-refractivity contribution in [1.82, 2.24) is 15.2 Å². The highest BCUT2D eigenvalue weighted by Gasteiger charge is 2.27. The minimum atomic E-state index is -0.376. The number of nitrogens with one attached hydrogen (secondary N) is 2. The molecule has 1 fully saturated rings. The monoisotopic (exact) mass is 381 g/mol. The van der Waals surface area contributed by atoms with E-state index in [1.165, 1.54) is 0 Å². The fraction of sp³-hybridized carbons (Fsp3) is 0.409. The molecule has 6 nitrogen and oxygen atoms in total. The molecule has 28 heavy (non-hydrogen) atoms. The first-order valence-corrected chi connectivity index (χ1v) is 9.87. The van der Waals surface area contributed by atoms with Gasteiger partial charge in [0.15, 0.2) is 0 Å². The second kappa shape index (κ2) is 8.87. The number of amides is 2. The molecule has 1 aromatic carbocycles. The quantitative estimate of drug-likeness (QED) is 0.835. The molecule has 0 unspecified atom stereocenters. The molecule has 0 bridgehead atoms. The lowest BCUT2D eigenvalue weighted by Crippen LogP contribution is -2.50. The van der Waals surface area contributed by atoms with E-state index in [2.05, 4.69) is 10.3 Å². The Bertz CT molecular complexity index is 905. The van der Waals surface area contributed by atoms with Crippen LogP contribution in [0.15, 0.2) is 41.2 Å². The van der Waals surface area contributed by atoms with Crippen molar-refractivity contribution in [2.45, 2.75) is 45.6 Å². The Morgan fingerprint density at radius 1 is 1.25 bits per heavy atom. The number of piperidine rings is 1. The number of rotatable bonds is 5. The van der Waals surface area contributed by atoms with E-state index in [1.54, 1.807) is 11.0 Å². The third-order valence-corrected chi connectivity index (χ3v) is 5.10. The van der Waals surface area contributed by atoms with Gasteiger partial charge in [-0.1, -0.05) is 37.3 Å². The molecular formula is C22H27N3O3. The molecule has 148 valence electrons. The summed E-state index contributed by atoms with van der Waals surface area (Å²) in [6, 6.07) is 11.3. The molecule has 1 saturated heterocycles. The van der Waals surface area contributed by atoms with Crippen LogP contribution in [0.3, 0.4) is 0 Å². The lowest BCUT2D eigenvalue weighted by atomic mass is 10.0. The fourth-order valence-corrected chi connectivity index (χ4v) is 3.68. The maximum Gasteiger partial charge on any atom is 0.261 e. The Morgan fingerprint density at radius 3 is 2.71 bits per heavy atom. The van der Waals surface area contributed by atoms with Gasteiger partial charge < -0.3 is 15.2 Å². The van der Waals surface area contributed by atoms with E-state index in [9.17, 15) is 14.4 Å². The first kappa shape index (κ1) is 19.9. The Hall–Kier alpha value is -2.89. The summed E-state index contributed by atoms with van der Waals surface area (Å²) in [4.78, 5) is 41.9. The molecule has 3 rings (SSSR count). The number of hydrogen-bond acceptors (Lipinski definition) is 3. The second-order valence-corrected chi connectivity index (χ2v) is 7.32. The van der Waals surface area contributed by atoms with Gasteiger partial charge in [0.1, 0.15) is 5.56 Å². The van der Waals surface area contributed by atoms with E-state index in [-0.39, 0.29) is 29.0 Å². The van der Waals surface area contributed by atoms with E-state index in [0.717, 1.165) is 36.1 Å². The second-order valence-electron chi connectivity index (χ2n) is 7.32. The summed E-state index contributed by atoms with van der Waals surface area (Å²) in [5.74, 6) is -0.269. The third-order valence-electron chi connectivity index (χ3n) is 5.10. The predicted molar refractivity (Wildman–Crippen MR) is 109 cm³/mol. The molecule has 2 heterocycles. The molecule has 0 aliphatic carbocycles. The van der Waals surface area contributed by atoms with Gasteiger partial charge in [0.05, 0.1) is 0 Å². The molecule has 1 aliphatic rings. The van der Waals surface area contributed by atoms with Crippen molar-refractivity contribution in [1.29, 1.82) is 0 Å². The molecule has 6 heteroatoms. The minimum Gasteiger partial charge on any atom is -0.352 e. The van der Waals surface area contributed by atoms with Crippen LogP contribution in [0.2, 0.25) is 0 Å². The van der Waals surface area contributed by atoms with E-state index >= 15 is 0 Å². The standard InChI is InChI=1S/C22H27N3O3/c1-3-8-20(26)24-17-11-7-12-25(14-17)22(28)19-13-18(15(2)23-21(19)27)16-9-5-4-6-10-16/h4-6,9-10,13,17H,3,7-8,11-12,14H2,1-2H3,(H,23,27)(H,24,26)/t17-/m0/s1. The third kappa shape index (κ3) is 4.50. The number of pyridine rings is 1. The van der Waals surface area contributed by atoms with Gasteiger partial charge in [-0.2, -0.15) is 0 Å². The summed E-state index contributed by atoms with van der Waals surface area (Å²) in [5.41, 5.74) is 2.29. The number of nitrogens with zero attached hydrogens (tertiary/aromatic N) is 1. The van der Waals surface area contributed by atoms with E-state index < -0.39 is 0 Å². The molecule has 0 radical (unpaired) electrons. The van der Waals surface area contributed by atoms with Gasteiger partial charge >= 0.3 is 0 Å². The lowest BCUT2D eigenvalue weighted by molar-refractivity contribution is -0.122. The zero-order chi connectivity index (χ0) is 20.1. The van der Waals surface area contributed by atoms with Crippen LogP contribution in [0.5, 0.6) is 0 Å². The normalized spacial score (nSPS) is 16.6. The SMILES string of the molecule is CCCC(=O)N[C@H]1CCCN(C(=O)c2cc(-c3ccccc3)c(C)[nH]c2=O)C1. The number of benzene rings is 1. The summed E-state index contributed by atoms with van der Waals surface area (Å²) in [6.45, 7) is 4.82. The fourth-order valence-electron chi connectivity index (χ4n) is 3.68.